The van der Waals surface area contributed by atoms with E-state index in [9.17, 15) is 9.59 Å². The number of aliphatic imine (C=N–C) groups is 1. The van der Waals surface area contributed by atoms with E-state index in [1.807, 2.05) is 6.92 Å². The zero-order valence-corrected chi connectivity index (χ0v) is 7.07. The van der Waals surface area contributed by atoms with Gasteiger partial charge in [-0.1, -0.05) is 6.08 Å². The Labute approximate surface area is 74.9 Å². The number of nitrogens with zero attached hydrogens (tertiary/aromatic N) is 1. The van der Waals surface area contributed by atoms with Crippen molar-refractivity contribution in [1.82, 2.24) is 10.6 Å². The highest BCUT2D eigenvalue weighted by molar-refractivity contribution is 6.00. The number of dihydropyridines is 1. The van der Waals surface area contributed by atoms with Crippen LogP contribution in [0.4, 0.5) is 4.79 Å². The molecule has 13 heavy (non-hydrogen) atoms. The Bertz CT molecular complexity index is 332. The van der Waals surface area contributed by atoms with Gasteiger partial charge in [-0.2, -0.15) is 0 Å². The lowest BCUT2D eigenvalue weighted by Crippen LogP contribution is -2.57. The molecule has 2 aliphatic heterocycles. The summed E-state index contributed by atoms with van der Waals surface area (Å²) in [7, 11) is 0. The van der Waals surface area contributed by atoms with Crippen LogP contribution in [0.1, 0.15) is 6.92 Å². The minimum absolute atomic E-state index is 0.287. The minimum Gasteiger partial charge on any atom is -0.315 e. The van der Waals surface area contributed by atoms with Gasteiger partial charge in [0.25, 0.3) is 0 Å². The van der Waals surface area contributed by atoms with Crippen LogP contribution in [0.2, 0.25) is 0 Å². The summed E-state index contributed by atoms with van der Waals surface area (Å²) < 4.78 is 0. The van der Waals surface area contributed by atoms with Crippen molar-refractivity contribution in [3.8, 4) is 0 Å². The number of hydrogen-bond acceptors (Lipinski definition) is 3. The molecule has 68 valence electrons. The highest BCUT2D eigenvalue weighted by Gasteiger charge is 2.34. The minimum atomic E-state index is -0.476. The first-order valence-corrected chi connectivity index (χ1v) is 4.00. The van der Waals surface area contributed by atoms with Crippen molar-refractivity contribution in [2.75, 3.05) is 0 Å². The Morgan fingerprint density at radius 2 is 2.23 bits per heavy atom. The fourth-order valence-corrected chi connectivity index (χ4v) is 1.42. The van der Waals surface area contributed by atoms with Crippen molar-refractivity contribution in [3.05, 3.63) is 11.6 Å². The molecule has 5 nitrogen and oxygen atoms in total. The quantitative estimate of drug-likeness (QED) is 0.540. The molecule has 5 heteroatoms. The summed E-state index contributed by atoms with van der Waals surface area (Å²) in [6, 6.07) is -0.476. The van der Waals surface area contributed by atoms with Gasteiger partial charge in [0.15, 0.2) is 0 Å². The summed E-state index contributed by atoms with van der Waals surface area (Å²) in [5.74, 6) is -0.646. The molecule has 0 saturated carbocycles. The molecule has 0 aromatic rings. The molecule has 0 bridgehead atoms. The van der Waals surface area contributed by atoms with E-state index in [1.54, 1.807) is 12.3 Å². The topological polar surface area (TPSA) is 70.6 Å². The van der Waals surface area contributed by atoms with Crippen molar-refractivity contribution in [1.29, 1.82) is 0 Å². The lowest BCUT2D eigenvalue weighted by atomic mass is 9.98. The molecular formula is C8H9N3O2. The molecule has 0 aromatic heterocycles. The number of urea groups is 1. The predicted molar refractivity (Wildman–Crippen MR) is 46.2 cm³/mol. The monoisotopic (exact) mass is 179 g/mol. The Hall–Kier alpha value is -1.65. The molecular weight excluding hydrogens is 170 g/mol. The Kier molecular flexibility index (Phi) is 1.65. The summed E-state index contributed by atoms with van der Waals surface area (Å²) >= 11 is 0. The molecule has 0 spiro atoms. The largest absolute Gasteiger partial charge is 0.323 e. The number of allylic oxidation sites excluding steroid dienone is 1. The summed E-state index contributed by atoms with van der Waals surface area (Å²) in [5.41, 5.74) is 0.938. The Balaban J connectivity index is 2.27. The van der Waals surface area contributed by atoms with Gasteiger partial charge >= 0.3 is 6.03 Å². The summed E-state index contributed by atoms with van der Waals surface area (Å²) in [6.45, 7) is 1.86. The van der Waals surface area contributed by atoms with Crippen LogP contribution < -0.4 is 10.6 Å². The van der Waals surface area contributed by atoms with Gasteiger partial charge in [0.05, 0.1) is 5.92 Å². The lowest BCUT2D eigenvalue weighted by Gasteiger charge is -2.28. The Morgan fingerprint density at radius 1 is 1.46 bits per heavy atom. The van der Waals surface area contributed by atoms with E-state index in [4.69, 9.17) is 0 Å². The standard InChI is InChI=1S/C8H9N3O2/c1-4-2-5-6(9-3-4)10-8(13)11-7(5)12/h2-3,5-6H,1H3,(H2,10,11,12,13). The second kappa shape index (κ2) is 2.69. The number of carbonyl (C=O) groups is 2. The molecule has 2 unspecified atom stereocenters. The van der Waals surface area contributed by atoms with Crippen molar-refractivity contribution in [2.24, 2.45) is 10.9 Å². The van der Waals surface area contributed by atoms with E-state index in [1.165, 1.54) is 0 Å². The highest BCUT2D eigenvalue weighted by Crippen LogP contribution is 2.17. The molecule has 2 atom stereocenters. The van der Waals surface area contributed by atoms with E-state index in [0.717, 1.165) is 5.57 Å². The molecule has 1 saturated heterocycles. The van der Waals surface area contributed by atoms with E-state index in [0.29, 0.717) is 0 Å². The van der Waals surface area contributed by atoms with Gasteiger partial charge in [0, 0.05) is 6.21 Å². The fourth-order valence-electron chi connectivity index (χ4n) is 1.42. The SMILES string of the molecule is CC1=CC2C(=O)NC(=O)NC2N=C1. The third kappa shape index (κ3) is 1.32. The van der Waals surface area contributed by atoms with Gasteiger partial charge in [-0.05, 0) is 12.5 Å². The first kappa shape index (κ1) is 7.97. The molecule has 2 N–H and O–H groups in total. The number of hydrogen-bond donors (Lipinski definition) is 2. The van der Waals surface area contributed by atoms with Crippen LogP contribution in [0.25, 0.3) is 0 Å². The smallest absolute Gasteiger partial charge is 0.315 e. The van der Waals surface area contributed by atoms with Gasteiger partial charge in [-0.15, -0.1) is 0 Å². The number of carbonyl (C=O) groups excluding carboxylic acids is 2. The van der Waals surface area contributed by atoms with E-state index in [-0.39, 0.29) is 11.8 Å². The first-order chi connectivity index (χ1) is 6.16. The zero-order chi connectivity index (χ0) is 9.42. The summed E-state index contributed by atoms with van der Waals surface area (Å²) in [4.78, 5) is 26.2. The highest BCUT2D eigenvalue weighted by atomic mass is 16.2. The average molecular weight is 179 g/mol. The maximum atomic E-state index is 11.3. The van der Waals surface area contributed by atoms with Gasteiger partial charge in [-0.25, -0.2) is 4.79 Å². The number of rotatable bonds is 0. The third-order valence-electron chi connectivity index (χ3n) is 2.04. The normalized spacial score (nSPS) is 31.6. The molecule has 0 aliphatic carbocycles. The second-order valence-corrected chi connectivity index (χ2v) is 3.12. The molecule has 2 heterocycles. The predicted octanol–water partition coefficient (Wildman–Crippen LogP) is -0.201. The van der Waals surface area contributed by atoms with Crippen molar-refractivity contribution >= 4 is 18.2 Å². The number of imide groups is 1. The lowest BCUT2D eigenvalue weighted by molar-refractivity contribution is -0.124. The van der Waals surface area contributed by atoms with Crippen molar-refractivity contribution in [3.63, 3.8) is 0 Å². The molecule has 2 rings (SSSR count). The van der Waals surface area contributed by atoms with Crippen molar-refractivity contribution < 1.29 is 9.59 Å². The third-order valence-corrected chi connectivity index (χ3v) is 2.04. The van der Waals surface area contributed by atoms with Crippen LogP contribution in [0.15, 0.2) is 16.6 Å². The second-order valence-electron chi connectivity index (χ2n) is 3.12. The van der Waals surface area contributed by atoms with Crippen LogP contribution in [-0.4, -0.2) is 24.3 Å². The van der Waals surface area contributed by atoms with Crippen LogP contribution in [0, 0.1) is 5.92 Å². The van der Waals surface area contributed by atoms with Crippen molar-refractivity contribution in [2.45, 2.75) is 13.1 Å². The van der Waals surface area contributed by atoms with Crippen LogP contribution in [-0.2, 0) is 4.79 Å². The number of nitrogens with one attached hydrogen (secondary N) is 2. The van der Waals surface area contributed by atoms with Gasteiger partial charge < -0.3 is 5.32 Å². The number of amides is 3. The maximum Gasteiger partial charge on any atom is 0.323 e. The zero-order valence-electron chi connectivity index (χ0n) is 7.07. The van der Waals surface area contributed by atoms with Gasteiger partial charge in [0.1, 0.15) is 6.17 Å². The van der Waals surface area contributed by atoms with Crippen LogP contribution in [0.5, 0.6) is 0 Å². The van der Waals surface area contributed by atoms with Gasteiger partial charge in [-0.3, -0.25) is 15.1 Å². The maximum absolute atomic E-state index is 11.3. The van der Waals surface area contributed by atoms with Crippen LogP contribution >= 0.6 is 0 Å². The first-order valence-electron chi connectivity index (χ1n) is 4.00. The summed E-state index contributed by atoms with van der Waals surface area (Å²) in [6.07, 6.45) is 3.02. The Morgan fingerprint density at radius 3 is 3.00 bits per heavy atom. The summed E-state index contributed by atoms with van der Waals surface area (Å²) in [5, 5.41) is 4.75. The molecule has 0 radical (unpaired) electrons. The van der Waals surface area contributed by atoms with Crippen LogP contribution in [0.3, 0.4) is 0 Å². The molecule has 0 aromatic carbocycles. The fraction of sp³-hybridized carbons (Fsp3) is 0.375. The molecule has 3 amide bonds. The number of fused-ring (bicyclic) bond motifs is 1. The molecule has 1 fully saturated rings. The van der Waals surface area contributed by atoms with E-state index >= 15 is 0 Å². The van der Waals surface area contributed by atoms with E-state index < -0.39 is 12.2 Å². The van der Waals surface area contributed by atoms with E-state index in [2.05, 4.69) is 15.6 Å². The molecule has 2 aliphatic rings. The average Bonchev–Trinajstić information content (AvgIpc) is 2.06. The van der Waals surface area contributed by atoms with Gasteiger partial charge in [0.2, 0.25) is 5.91 Å².